The van der Waals surface area contributed by atoms with Crippen LogP contribution in [0.5, 0.6) is 5.75 Å². The molecule has 3 aromatic rings. The van der Waals surface area contributed by atoms with Crippen LogP contribution in [0.4, 0.5) is 5.69 Å². The van der Waals surface area contributed by atoms with E-state index in [-0.39, 0.29) is 17.9 Å². The minimum absolute atomic E-state index is 0.0299. The lowest BCUT2D eigenvalue weighted by atomic mass is 10.0. The Bertz CT molecular complexity index is 1150. The van der Waals surface area contributed by atoms with E-state index in [4.69, 9.17) is 4.74 Å². The number of carbonyl (C=O) groups excluding carboxylic acids is 2. The van der Waals surface area contributed by atoms with Crippen molar-refractivity contribution in [3.05, 3.63) is 84.4 Å². The highest BCUT2D eigenvalue weighted by Gasteiger charge is 2.26. The van der Waals surface area contributed by atoms with Gasteiger partial charge in [0.15, 0.2) is 0 Å². The van der Waals surface area contributed by atoms with Gasteiger partial charge in [-0.25, -0.2) is 0 Å². The van der Waals surface area contributed by atoms with E-state index in [2.05, 4.69) is 10.2 Å². The van der Waals surface area contributed by atoms with Gasteiger partial charge in [-0.1, -0.05) is 60.7 Å². The molecule has 0 bridgehead atoms. The fourth-order valence-corrected chi connectivity index (χ4v) is 4.64. The molecule has 0 saturated carbocycles. The number of hydrogen-bond donors (Lipinski definition) is 1. The van der Waals surface area contributed by atoms with Crippen molar-refractivity contribution in [3.63, 3.8) is 0 Å². The molecule has 0 spiro atoms. The number of carbonyl (C=O) groups is 2. The average Bonchev–Trinajstić information content (AvgIpc) is 3.19. The first-order valence-corrected chi connectivity index (χ1v) is 12.6. The van der Waals surface area contributed by atoms with Crippen LogP contribution in [-0.2, 0) is 16.0 Å². The minimum Gasteiger partial charge on any atom is -0.497 e. The van der Waals surface area contributed by atoms with Crippen LogP contribution in [0.25, 0.3) is 11.1 Å². The van der Waals surface area contributed by atoms with Crippen LogP contribution in [0.15, 0.2) is 78.9 Å². The van der Waals surface area contributed by atoms with E-state index in [0.717, 1.165) is 47.6 Å². The van der Waals surface area contributed by atoms with Gasteiger partial charge in [0.05, 0.1) is 13.2 Å². The molecule has 1 unspecified atom stereocenters. The molecule has 0 aliphatic carbocycles. The zero-order chi connectivity index (χ0) is 25.3. The Hall–Kier alpha value is -3.64. The number of ether oxygens (including phenoxy) is 1. The van der Waals surface area contributed by atoms with Crippen LogP contribution in [0, 0.1) is 0 Å². The summed E-state index contributed by atoms with van der Waals surface area (Å²) in [6.07, 6.45) is 2.05. The van der Waals surface area contributed by atoms with Crippen molar-refractivity contribution in [2.24, 2.45) is 0 Å². The number of benzene rings is 3. The molecule has 1 heterocycles. The molecule has 1 aliphatic rings. The van der Waals surface area contributed by atoms with Crippen molar-refractivity contribution >= 4 is 17.5 Å². The van der Waals surface area contributed by atoms with Crippen molar-refractivity contribution in [2.75, 3.05) is 38.6 Å². The molecule has 1 N–H and O–H groups in total. The third-order valence-corrected chi connectivity index (χ3v) is 6.87. The highest BCUT2D eigenvalue weighted by molar-refractivity contribution is 5.98. The van der Waals surface area contributed by atoms with Gasteiger partial charge in [0.1, 0.15) is 5.75 Å². The van der Waals surface area contributed by atoms with Crippen LogP contribution in [0.1, 0.15) is 25.3 Å². The van der Waals surface area contributed by atoms with Gasteiger partial charge in [0.2, 0.25) is 11.8 Å². The van der Waals surface area contributed by atoms with E-state index in [1.807, 2.05) is 90.7 Å². The smallest absolute Gasteiger partial charge is 0.241 e. The number of rotatable bonds is 8. The SMILES string of the molecule is COc1ccc(CCC(=O)N2CCCN(C(C)C(=O)Nc3ccccc3-c3ccccc3)CC2)cc1. The monoisotopic (exact) mass is 485 g/mol. The number of amides is 2. The Labute approximate surface area is 213 Å². The molecule has 1 aliphatic heterocycles. The molecule has 6 nitrogen and oxygen atoms in total. The van der Waals surface area contributed by atoms with Crippen LogP contribution < -0.4 is 10.1 Å². The van der Waals surface area contributed by atoms with Crippen LogP contribution in [-0.4, -0.2) is 60.9 Å². The van der Waals surface area contributed by atoms with Gasteiger partial charge >= 0.3 is 0 Å². The molecule has 6 heteroatoms. The molecular weight excluding hydrogens is 450 g/mol. The normalized spacial score (nSPS) is 15.1. The van der Waals surface area contributed by atoms with Crippen molar-refractivity contribution in [3.8, 4) is 16.9 Å². The van der Waals surface area contributed by atoms with Gasteiger partial charge in [-0.15, -0.1) is 0 Å². The van der Waals surface area contributed by atoms with Crippen molar-refractivity contribution in [2.45, 2.75) is 32.2 Å². The van der Waals surface area contributed by atoms with Gasteiger partial charge in [0.25, 0.3) is 0 Å². The highest BCUT2D eigenvalue weighted by Crippen LogP contribution is 2.28. The van der Waals surface area contributed by atoms with Crippen molar-refractivity contribution in [1.29, 1.82) is 0 Å². The Morgan fingerprint density at radius 3 is 2.36 bits per heavy atom. The Balaban J connectivity index is 1.31. The maximum absolute atomic E-state index is 13.2. The van der Waals surface area contributed by atoms with E-state index < -0.39 is 0 Å². The van der Waals surface area contributed by atoms with Crippen LogP contribution in [0.3, 0.4) is 0 Å². The predicted molar refractivity (Wildman–Crippen MR) is 144 cm³/mol. The van der Waals surface area contributed by atoms with E-state index in [1.165, 1.54) is 0 Å². The van der Waals surface area contributed by atoms with Crippen LogP contribution in [0.2, 0.25) is 0 Å². The third-order valence-electron chi connectivity index (χ3n) is 6.87. The quantitative estimate of drug-likeness (QED) is 0.495. The summed E-state index contributed by atoms with van der Waals surface area (Å²) in [5.74, 6) is 0.957. The molecule has 3 aromatic carbocycles. The van der Waals surface area contributed by atoms with E-state index in [0.29, 0.717) is 25.9 Å². The first kappa shape index (κ1) is 25.5. The van der Waals surface area contributed by atoms with Gasteiger partial charge < -0.3 is 15.0 Å². The lowest BCUT2D eigenvalue weighted by Gasteiger charge is -2.27. The second-order valence-corrected chi connectivity index (χ2v) is 9.20. The summed E-state index contributed by atoms with van der Waals surface area (Å²) in [6.45, 7) is 4.78. The third kappa shape index (κ3) is 6.52. The van der Waals surface area contributed by atoms with E-state index in [9.17, 15) is 9.59 Å². The molecule has 0 aromatic heterocycles. The second-order valence-electron chi connectivity index (χ2n) is 9.20. The first-order valence-electron chi connectivity index (χ1n) is 12.6. The summed E-state index contributed by atoms with van der Waals surface area (Å²) >= 11 is 0. The van der Waals surface area contributed by atoms with Gasteiger partial charge in [-0.05, 0) is 49.1 Å². The summed E-state index contributed by atoms with van der Waals surface area (Å²) in [7, 11) is 1.65. The second kappa shape index (κ2) is 12.4. The Kier molecular flexibility index (Phi) is 8.74. The molecule has 36 heavy (non-hydrogen) atoms. The lowest BCUT2D eigenvalue weighted by Crippen LogP contribution is -2.44. The van der Waals surface area contributed by atoms with Gasteiger partial charge in [-0.2, -0.15) is 0 Å². The summed E-state index contributed by atoms with van der Waals surface area (Å²) < 4.78 is 5.20. The summed E-state index contributed by atoms with van der Waals surface area (Å²) in [5, 5.41) is 3.14. The van der Waals surface area contributed by atoms with Crippen LogP contribution >= 0.6 is 0 Å². The number of hydrogen-bond acceptors (Lipinski definition) is 4. The fraction of sp³-hybridized carbons (Fsp3) is 0.333. The standard InChI is InChI=1S/C30H35N3O3/c1-23(30(35)31-28-12-7-6-11-27(28)25-9-4-3-5-10-25)32-19-8-20-33(22-21-32)29(34)18-15-24-13-16-26(36-2)17-14-24/h3-7,9-14,16-17,23H,8,15,18-22H2,1-2H3,(H,31,35). The largest absolute Gasteiger partial charge is 0.497 e. The summed E-state index contributed by atoms with van der Waals surface area (Å²) in [4.78, 5) is 30.2. The average molecular weight is 486 g/mol. The van der Waals surface area contributed by atoms with Crippen molar-refractivity contribution < 1.29 is 14.3 Å². The predicted octanol–water partition coefficient (Wildman–Crippen LogP) is 4.86. The summed E-state index contributed by atoms with van der Waals surface area (Å²) in [5.41, 5.74) is 4.01. The van der Waals surface area contributed by atoms with Crippen molar-refractivity contribution in [1.82, 2.24) is 9.80 Å². The molecule has 1 saturated heterocycles. The molecule has 2 amide bonds. The van der Waals surface area contributed by atoms with Gasteiger partial charge in [0, 0.05) is 43.9 Å². The number of anilines is 1. The molecule has 4 rings (SSSR count). The van der Waals surface area contributed by atoms with E-state index >= 15 is 0 Å². The Morgan fingerprint density at radius 2 is 1.61 bits per heavy atom. The molecular formula is C30H35N3O3. The zero-order valence-corrected chi connectivity index (χ0v) is 21.2. The molecule has 188 valence electrons. The number of aryl methyl sites for hydroxylation is 1. The number of nitrogens with one attached hydrogen (secondary N) is 1. The number of para-hydroxylation sites is 1. The lowest BCUT2D eigenvalue weighted by molar-refractivity contribution is -0.131. The molecule has 1 fully saturated rings. The maximum Gasteiger partial charge on any atom is 0.241 e. The fourth-order valence-electron chi connectivity index (χ4n) is 4.64. The maximum atomic E-state index is 13.2. The molecule has 1 atom stereocenters. The minimum atomic E-state index is -0.289. The first-order chi connectivity index (χ1) is 17.5. The Morgan fingerprint density at radius 1 is 0.889 bits per heavy atom. The topological polar surface area (TPSA) is 61.9 Å². The zero-order valence-electron chi connectivity index (χ0n) is 21.2. The highest BCUT2D eigenvalue weighted by atomic mass is 16.5. The van der Waals surface area contributed by atoms with Gasteiger partial charge in [-0.3, -0.25) is 14.5 Å². The number of nitrogens with zero attached hydrogens (tertiary/aromatic N) is 2. The summed E-state index contributed by atoms with van der Waals surface area (Å²) in [6, 6.07) is 25.5. The molecule has 0 radical (unpaired) electrons. The van der Waals surface area contributed by atoms with E-state index in [1.54, 1.807) is 7.11 Å². The number of methoxy groups -OCH3 is 1.